The molecule has 11 heteroatoms. The van der Waals surface area contributed by atoms with Crippen molar-refractivity contribution in [3.63, 3.8) is 0 Å². The largest absolute Gasteiger partial charge is 0.410 e. The second-order valence-corrected chi connectivity index (χ2v) is 8.36. The number of ether oxygens (including phenoxy) is 1. The average molecular weight is 502 g/mol. The van der Waals surface area contributed by atoms with Gasteiger partial charge in [0.1, 0.15) is 5.82 Å². The molecule has 1 aromatic heterocycles. The van der Waals surface area contributed by atoms with Gasteiger partial charge >= 0.3 is 6.18 Å². The number of carbonyl (C=O) groups is 1. The van der Waals surface area contributed by atoms with E-state index >= 15 is 0 Å². The minimum Gasteiger partial charge on any atom is -0.379 e. The number of fused-ring (bicyclic) bond motifs is 1. The van der Waals surface area contributed by atoms with Gasteiger partial charge in [-0.05, 0) is 21.5 Å². The van der Waals surface area contributed by atoms with Gasteiger partial charge in [0.2, 0.25) is 0 Å². The first-order valence-corrected chi connectivity index (χ1v) is 10.9. The van der Waals surface area contributed by atoms with Crippen LogP contribution in [0.3, 0.4) is 0 Å². The van der Waals surface area contributed by atoms with E-state index in [1.807, 2.05) is 6.07 Å². The van der Waals surface area contributed by atoms with Crippen LogP contribution in [0.5, 0.6) is 0 Å². The Bertz CT molecular complexity index is 916. The van der Waals surface area contributed by atoms with E-state index in [1.54, 1.807) is 24.3 Å². The molecule has 2 unspecified atom stereocenters. The van der Waals surface area contributed by atoms with Crippen molar-refractivity contribution in [2.45, 2.75) is 24.7 Å². The summed E-state index contributed by atoms with van der Waals surface area (Å²) in [4.78, 5) is 14.8. The molecule has 31 heavy (non-hydrogen) atoms. The van der Waals surface area contributed by atoms with Gasteiger partial charge in [0.15, 0.2) is 11.7 Å². The Morgan fingerprint density at radius 1 is 1.26 bits per heavy atom. The number of halogens is 4. The highest BCUT2D eigenvalue weighted by Crippen LogP contribution is 2.46. The summed E-state index contributed by atoms with van der Waals surface area (Å²) in [5.41, 5.74) is 0.681. The molecule has 4 rings (SSSR count). The number of amides is 1. The van der Waals surface area contributed by atoms with Crippen molar-refractivity contribution in [3.05, 3.63) is 46.1 Å². The Balaban J connectivity index is 1.53. The topological polar surface area (TPSA) is 71.4 Å². The third-order valence-electron chi connectivity index (χ3n) is 5.53. The van der Waals surface area contributed by atoms with E-state index in [0.717, 1.165) is 23.3 Å². The molecule has 0 spiro atoms. The molecule has 2 N–H and O–H groups in total. The third kappa shape index (κ3) is 4.88. The summed E-state index contributed by atoms with van der Waals surface area (Å²) in [6.45, 7) is 3.89. The average Bonchev–Trinajstić information content (AvgIpc) is 3.10. The molecule has 7 nitrogen and oxygen atoms in total. The number of hydrogen-bond acceptors (Lipinski definition) is 5. The monoisotopic (exact) mass is 501 g/mol. The van der Waals surface area contributed by atoms with Gasteiger partial charge in [0.05, 0.1) is 23.7 Å². The lowest BCUT2D eigenvalue weighted by Crippen LogP contribution is -2.41. The predicted octanol–water partition coefficient (Wildman–Crippen LogP) is 3.37. The van der Waals surface area contributed by atoms with Gasteiger partial charge in [-0.3, -0.25) is 9.69 Å². The summed E-state index contributed by atoms with van der Waals surface area (Å²) in [6.07, 6.45) is -4.72. The molecule has 3 heterocycles. The summed E-state index contributed by atoms with van der Waals surface area (Å²) < 4.78 is 47.9. The number of morpholine rings is 1. The summed E-state index contributed by atoms with van der Waals surface area (Å²) in [6, 6.07) is 6.56. The summed E-state index contributed by atoms with van der Waals surface area (Å²) in [7, 11) is 0. The fourth-order valence-corrected chi connectivity index (χ4v) is 4.43. The Morgan fingerprint density at radius 2 is 1.97 bits per heavy atom. The van der Waals surface area contributed by atoms with E-state index in [4.69, 9.17) is 4.74 Å². The van der Waals surface area contributed by atoms with E-state index in [-0.39, 0.29) is 22.4 Å². The van der Waals surface area contributed by atoms with Gasteiger partial charge in [-0.15, -0.1) is 0 Å². The zero-order valence-corrected chi connectivity index (χ0v) is 18.2. The van der Waals surface area contributed by atoms with Crippen LogP contribution in [0.2, 0.25) is 0 Å². The molecule has 2 aromatic rings. The number of aromatic nitrogens is 2. The number of nitrogens with zero attached hydrogens (tertiary/aromatic N) is 3. The molecule has 168 valence electrons. The van der Waals surface area contributed by atoms with Crippen LogP contribution in [0.15, 0.2) is 34.8 Å². The van der Waals surface area contributed by atoms with Crippen molar-refractivity contribution in [1.82, 2.24) is 20.0 Å². The van der Waals surface area contributed by atoms with Crippen molar-refractivity contribution < 1.29 is 22.7 Å². The fraction of sp³-hybridized carbons (Fsp3) is 0.500. The standard InChI is InChI=1S/C20H23BrF3N5O2/c21-16-17(19(30)25-6-7-28-8-10-31-11-9-28)27-29-15(20(22,23)24)12-14(26-18(16)29)13-4-2-1-3-5-13/h1-5,14-15,26H,6-12H2,(H,25,30). The van der Waals surface area contributed by atoms with Crippen molar-refractivity contribution in [3.8, 4) is 0 Å². The van der Waals surface area contributed by atoms with Gasteiger partial charge in [-0.2, -0.15) is 18.3 Å². The highest BCUT2D eigenvalue weighted by Gasteiger charge is 2.47. The highest BCUT2D eigenvalue weighted by atomic mass is 79.9. The van der Waals surface area contributed by atoms with Crippen molar-refractivity contribution >= 4 is 27.7 Å². The van der Waals surface area contributed by atoms with Gasteiger partial charge in [0.25, 0.3) is 5.91 Å². The first-order valence-electron chi connectivity index (χ1n) is 10.1. The second kappa shape index (κ2) is 9.17. The van der Waals surface area contributed by atoms with Crippen LogP contribution in [0.1, 0.15) is 34.6 Å². The zero-order chi connectivity index (χ0) is 22.0. The van der Waals surface area contributed by atoms with E-state index in [2.05, 4.69) is 36.6 Å². The fourth-order valence-electron chi connectivity index (χ4n) is 3.87. The maximum atomic E-state index is 13.8. The molecule has 0 aliphatic carbocycles. The minimum atomic E-state index is -4.50. The second-order valence-electron chi connectivity index (χ2n) is 7.57. The minimum absolute atomic E-state index is 0.0626. The molecule has 1 aromatic carbocycles. The molecule has 2 aliphatic heterocycles. The number of carbonyl (C=O) groups excluding carboxylic acids is 1. The van der Waals surface area contributed by atoms with Crippen molar-refractivity contribution in [2.75, 3.05) is 44.7 Å². The van der Waals surface area contributed by atoms with Crippen molar-refractivity contribution in [1.29, 1.82) is 0 Å². The van der Waals surface area contributed by atoms with Crippen LogP contribution in [-0.2, 0) is 4.74 Å². The molecule has 0 saturated carbocycles. The molecule has 0 radical (unpaired) electrons. The first kappa shape index (κ1) is 22.1. The summed E-state index contributed by atoms with van der Waals surface area (Å²) in [5.74, 6) is -0.359. The molecule has 2 atom stereocenters. The van der Waals surface area contributed by atoms with Crippen LogP contribution in [-0.4, -0.2) is 66.2 Å². The van der Waals surface area contributed by atoms with Crippen LogP contribution < -0.4 is 10.6 Å². The third-order valence-corrected chi connectivity index (χ3v) is 6.28. The Labute approximate surface area is 186 Å². The quantitative estimate of drug-likeness (QED) is 0.657. The van der Waals surface area contributed by atoms with Crippen LogP contribution in [0.4, 0.5) is 19.0 Å². The van der Waals surface area contributed by atoms with Crippen LogP contribution >= 0.6 is 15.9 Å². The number of rotatable bonds is 5. The lowest BCUT2D eigenvalue weighted by molar-refractivity contribution is -0.173. The smallest absolute Gasteiger partial charge is 0.379 e. The number of hydrogen-bond donors (Lipinski definition) is 2. The molecular formula is C20H23BrF3N5O2. The maximum absolute atomic E-state index is 13.8. The van der Waals surface area contributed by atoms with E-state index in [1.165, 1.54) is 0 Å². The van der Waals surface area contributed by atoms with E-state index in [9.17, 15) is 18.0 Å². The SMILES string of the molecule is O=C(NCCN1CCOCC1)c1nn2c(c1Br)NC(c1ccccc1)CC2C(F)(F)F. The molecular weight excluding hydrogens is 479 g/mol. The van der Waals surface area contributed by atoms with Gasteiger partial charge in [-0.1, -0.05) is 30.3 Å². The highest BCUT2D eigenvalue weighted by molar-refractivity contribution is 9.10. The van der Waals surface area contributed by atoms with Crippen LogP contribution in [0.25, 0.3) is 0 Å². The van der Waals surface area contributed by atoms with E-state index in [0.29, 0.717) is 26.3 Å². The molecule has 0 bridgehead atoms. The Hall–Kier alpha value is -2.11. The lowest BCUT2D eigenvalue weighted by atomic mass is 9.97. The summed E-state index contributed by atoms with van der Waals surface area (Å²) >= 11 is 3.30. The van der Waals surface area contributed by atoms with Crippen molar-refractivity contribution in [2.24, 2.45) is 0 Å². The Kier molecular flexibility index (Phi) is 6.54. The Morgan fingerprint density at radius 3 is 2.65 bits per heavy atom. The predicted molar refractivity (Wildman–Crippen MR) is 112 cm³/mol. The van der Waals surface area contributed by atoms with Gasteiger partial charge in [-0.25, -0.2) is 4.68 Å². The summed E-state index contributed by atoms with van der Waals surface area (Å²) in [5, 5.41) is 9.91. The number of anilines is 1. The molecule has 1 amide bonds. The molecule has 1 fully saturated rings. The lowest BCUT2D eigenvalue weighted by Gasteiger charge is -2.33. The number of nitrogens with one attached hydrogen (secondary N) is 2. The molecule has 1 saturated heterocycles. The zero-order valence-electron chi connectivity index (χ0n) is 16.7. The van der Waals surface area contributed by atoms with E-state index < -0.39 is 24.2 Å². The van der Waals surface area contributed by atoms with Gasteiger partial charge in [0, 0.05) is 32.6 Å². The maximum Gasteiger partial charge on any atom is 0.410 e. The van der Waals surface area contributed by atoms with Gasteiger partial charge < -0.3 is 15.4 Å². The number of alkyl halides is 3. The normalized spacial score (nSPS) is 21.9. The van der Waals surface area contributed by atoms with Crippen LogP contribution in [0, 0.1) is 0 Å². The first-order chi connectivity index (χ1) is 14.8. The number of benzene rings is 1. The molecule has 2 aliphatic rings.